The third kappa shape index (κ3) is 2.48. The molecule has 2 heterocycles. The van der Waals surface area contributed by atoms with Gasteiger partial charge in [-0.15, -0.1) is 11.3 Å². The number of thiophene rings is 1. The summed E-state index contributed by atoms with van der Waals surface area (Å²) in [6.45, 7) is 0.240. The summed E-state index contributed by atoms with van der Waals surface area (Å²) >= 11 is 1.20. The van der Waals surface area contributed by atoms with Gasteiger partial charge in [-0.05, 0) is 29.6 Å². The van der Waals surface area contributed by atoms with Crippen LogP contribution in [0, 0.1) is 0 Å². The Hall–Kier alpha value is -2.40. The van der Waals surface area contributed by atoms with E-state index < -0.39 is 5.97 Å². The number of aromatic carboxylic acids is 1. The van der Waals surface area contributed by atoms with Crippen LogP contribution in [-0.4, -0.2) is 16.1 Å². The number of hydrogen-bond donors (Lipinski definition) is 1. The summed E-state index contributed by atoms with van der Waals surface area (Å²) in [6.07, 6.45) is 1.73. The Morgan fingerprint density at radius 1 is 1.30 bits per heavy atom. The second-order valence-corrected chi connectivity index (χ2v) is 5.14. The van der Waals surface area contributed by atoms with E-state index in [1.165, 1.54) is 11.3 Å². The molecule has 0 saturated heterocycles. The van der Waals surface area contributed by atoms with E-state index in [9.17, 15) is 4.79 Å². The Balaban J connectivity index is 1.79. The Morgan fingerprint density at radius 3 is 3.05 bits per heavy atom. The van der Waals surface area contributed by atoms with Gasteiger partial charge < -0.3 is 9.84 Å². The van der Waals surface area contributed by atoms with Crippen molar-refractivity contribution < 1.29 is 14.6 Å². The molecule has 4 nitrogen and oxygen atoms in total. The minimum atomic E-state index is -0.918. The molecule has 100 valence electrons. The van der Waals surface area contributed by atoms with Crippen molar-refractivity contribution in [2.75, 3.05) is 0 Å². The van der Waals surface area contributed by atoms with Crippen LogP contribution >= 0.6 is 11.3 Å². The van der Waals surface area contributed by atoms with Gasteiger partial charge in [0.2, 0.25) is 0 Å². The predicted octanol–water partition coefficient (Wildman–Crippen LogP) is 3.57. The first-order valence-electron chi connectivity index (χ1n) is 6.01. The number of carbonyl (C=O) groups is 1. The summed E-state index contributed by atoms with van der Waals surface area (Å²) in [5, 5.41) is 11.8. The molecule has 3 aromatic rings. The largest absolute Gasteiger partial charge is 0.489 e. The van der Waals surface area contributed by atoms with E-state index in [4.69, 9.17) is 9.84 Å². The van der Waals surface area contributed by atoms with Crippen LogP contribution in [0.3, 0.4) is 0 Å². The van der Waals surface area contributed by atoms with Gasteiger partial charge in [0.1, 0.15) is 17.2 Å². The molecule has 1 N–H and O–H groups in total. The van der Waals surface area contributed by atoms with Crippen molar-refractivity contribution in [2.45, 2.75) is 6.61 Å². The standard InChI is InChI=1S/C15H11NO3S/c17-15(18)14-11(5-7-20-14)9-19-12-4-3-10-2-1-6-16-13(10)8-12/h1-8H,9H2,(H,17,18). The number of pyridine rings is 1. The van der Waals surface area contributed by atoms with Crippen molar-refractivity contribution in [3.05, 3.63) is 58.4 Å². The fraction of sp³-hybridized carbons (Fsp3) is 0.0667. The van der Waals surface area contributed by atoms with Gasteiger partial charge in [-0.3, -0.25) is 4.98 Å². The van der Waals surface area contributed by atoms with E-state index >= 15 is 0 Å². The smallest absolute Gasteiger partial charge is 0.346 e. The lowest BCUT2D eigenvalue weighted by Crippen LogP contribution is -2.01. The van der Waals surface area contributed by atoms with Crippen LogP contribution in [0.1, 0.15) is 15.2 Å². The van der Waals surface area contributed by atoms with Crippen LogP contribution in [0.5, 0.6) is 5.75 Å². The fourth-order valence-corrected chi connectivity index (χ4v) is 2.68. The zero-order valence-corrected chi connectivity index (χ0v) is 11.3. The molecule has 20 heavy (non-hydrogen) atoms. The quantitative estimate of drug-likeness (QED) is 0.796. The zero-order valence-electron chi connectivity index (χ0n) is 10.4. The highest BCUT2D eigenvalue weighted by Gasteiger charge is 2.12. The molecule has 0 radical (unpaired) electrons. The summed E-state index contributed by atoms with van der Waals surface area (Å²) < 4.78 is 5.65. The highest BCUT2D eigenvalue weighted by atomic mass is 32.1. The first-order chi connectivity index (χ1) is 9.74. The Morgan fingerprint density at radius 2 is 2.20 bits per heavy atom. The van der Waals surface area contributed by atoms with E-state index in [0.717, 1.165) is 10.9 Å². The maximum atomic E-state index is 11.0. The third-order valence-electron chi connectivity index (χ3n) is 2.91. The Labute approximate surface area is 119 Å². The number of ether oxygens (including phenoxy) is 1. The van der Waals surface area contributed by atoms with Crippen molar-refractivity contribution >= 4 is 28.2 Å². The van der Waals surface area contributed by atoms with Gasteiger partial charge in [-0.1, -0.05) is 6.07 Å². The van der Waals surface area contributed by atoms with Gasteiger partial charge >= 0.3 is 5.97 Å². The van der Waals surface area contributed by atoms with Crippen LogP contribution < -0.4 is 4.74 Å². The SMILES string of the molecule is O=C(O)c1sccc1COc1ccc2cccnc2c1. The second-order valence-electron chi connectivity index (χ2n) is 4.23. The van der Waals surface area contributed by atoms with Gasteiger partial charge in [-0.2, -0.15) is 0 Å². The molecule has 0 aliphatic rings. The number of fused-ring (bicyclic) bond motifs is 1. The lowest BCUT2D eigenvalue weighted by Gasteiger charge is -2.06. The average Bonchev–Trinajstić information content (AvgIpc) is 2.93. The molecule has 0 aliphatic heterocycles. The summed E-state index contributed by atoms with van der Waals surface area (Å²) in [4.78, 5) is 15.6. The molecule has 0 amide bonds. The van der Waals surface area contributed by atoms with Gasteiger partial charge in [0, 0.05) is 23.2 Å². The minimum Gasteiger partial charge on any atom is -0.489 e. The van der Waals surface area contributed by atoms with E-state index in [2.05, 4.69) is 4.98 Å². The highest BCUT2D eigenvalue weighted by molar-refractivity contribution is 7.12. The zero-order chi connectivity index (χ0) is 13.9. The van der Waals surface area contributed by atoms with Crippen molar-refractivity contribution in [1.82, 2.24) is 4.98 Å². The number of rotatable bonds is 4. The lowest BCUT2D eigenvalue weighted by atomic mass is 10.2. The number of benzene rings is 1. The van der Waals surface area contributed by atoms with E-state index in [1.807, 2.05) is 30.3 Å². The Kier molecular flexibility index (Phi) is 3.35. The molecule has 0 saturated carbocycles. The van der Waals surface area contributed by atoms with Crippen molar-refractivity contribution in [2.24, 2.45) is 0 Å². The van der Waals surface area contributed by atoms with Crippen LogP contribution in [0.4, 0.5) is 0 Å². The first-order valence-corrected chi connectivity index (χ1v) is 6.89. The second kappa shape index (κ2) is 5.30. The molecule has 2 aromatic heterocycles. The monoisotopic (exact) mass is 285 g/mol. The molecule has 0 bridgehead atoms. The summed E-state index contributed by atoms with van der Waals surface area (Å²) in [5.41, 5.74) is 1.54. The molecule has 5 heteroatoms. The highest BCUT2D eigenvalue weighted by Crippen LogP contribution is 2.22. The van der Waals surface area contributed by atoms with Gasteiger partial charge in [0.25, 0.3) is 0 Å². The molecular weight excluding hydrogens is 274 g/mol. The maximum Gasteiger partial charge on any atom is 0.346 e. The van der Waals surface area contributed by atoms with Crippen LogP contribution in [0.25, 0.3) is 10.9 Å². The molecule has 1 aromatic carbocycles. The number of aromatic nitrogens is 1. The molecular formula is C15H11NO3S. The minimum absolute atomic E-state index is 0.240. The Bertz CT molecular complexity index is 766. The maximum absolute atomic E-state index is 11.0. The van der Waals surface area contributed by atoms with Crippen LogP contribution in [0.2, 0.25) is 0 Å². The summed E-state index contributed by atoms with van der Waals surface area (Å²) in [5.74, 6) is -0.238. The predicted molar refractivity (Wildman–Crippen MR) is 77.4 cm³/mol. The number of carboxylic acids is 1. The van der Waals surface area contributed by atoms with E-state index in [-0.39, 0.29) is 6.61 Å². The molecule has 0 fully saturated rings. The van der Waals surface area contributed by atoms with Crippen molar-refractivity contribution in [1.29, 1.82) is 0 Å². The van der Waals surface area contributed by atoms with Crippen molar-refractivity contribution in [3.63, 3.8) is 0 Å². The molecule has 0 spiro atoms. The van der Waals surface area contributed by atoms with Crippen LogP contribution in [-0.2, 0) is 6.61 Å². The normalized spacial score (nSPS) is 10.6. The summed E-state index contributed by atoms with van der Waals surface area (Å²) in [7, 11) is 0. The number of nitrogens with zero attached hydrogens (tertiary/aromatic N) is 1. The van der Waals surface area contributed by atoms with Crippen LogP contribution in [0.15, 0.2) is 48.0 Å². The van der Waals surface area contributed by atoms with Gasteiger partial charge in [0.15, 0.2) is 0 Å². The molecule has 0 atom stereocenters. The van der Waals surface area contributed by atoms with Gasteiger partial charge in [0.05, 0.1) is 5.52 Å². The average molecular weight is 285 g/mol. The number of hydrogen-bond acceptors (Lipinski definition) is 4. The van der Waals surface area contributed by atoms with E-state index in [1.54, 1.807) is 17.6 Å². The van der Waals surface area contributed by atoms with E-state index in [0.29, 0.717) is 16.2 Å². The summed E-state index contributed by atoms with van der Waals surface area (Å²) in [6, 6.07) is 11.3. The number of carboxylic acid groups (broad SMARTS) is 1. The topological polar surface area (TPSA) is 59.4 Å². The van der Waals surface area contributed by atoms with Gasteiger partial charge in [-0.25, -0.2) is 4.79 Å². The first kappa shape index (κ1) is 12.6. The van der Waals surface area contributed by atoms with Crippen molar-refractivity contribution in [3.8, 4) is 5.75 Å². The third-order valence-corrected chi connectivity index (χ3v) is 3.86. The molecule has 0 aliphatic carbocycles. The molecule has 0 unspecified atom stereocenters. The fourth-order valence-electron chi connectivity index (χ4n) is 1.93. The molecule has 3 rings (SSSR count). The lowest BCUT2D eigenvalue weighted by molar-refractivity contribution is 0.0699.